The molecule has 4 aromatic rings. The van der Waals surface area contributed by atoms with Crippen molar-refractivity contribution in [2.24, 2.45) is 0 Å². The van der Waals surface area contributed by atoms with E-state index in [0.717, 1.165) is 23.9 Å². The van der Waals surface area contributed by atoms with E-state index in [2.05, 4.69) is 20.5 Å². The molecule has 31 heavy (non-hydrogen) atoms. The number of anilines is 1. The molecule has 1 amide bonds. The molecule has 0 saturated carbocycles. The Morgan fingerprint density at radius 3 is 2.65 bits per heavy atom. The summed E-state index contributed by atoms with van der Waals surface area (Å²) in [4.78, 5) is 29.6. The number of aromatic nitrogens is 4. The van der Waals surface area contributed by atoms with Crippen LogP contribution in [0.5, 0.6) is 0 Å². The average molecular weight is 445 g/mol. The van der Waals surface area contributed by atoms with E-state index in [1.54, 1.807) is 30.3 Å². The highest BCUT2D eigenvalue weighted by atomic mass is 32.2. The summed E-state index contributed by atoms with van der Waals surface area (Å²) in [5.41, 5.74) is -0.354. The third-order valence-electron chi connectivity index (χ3n) is 4.27. The van der Waals surface area contributed by atoms with Crippen LogP contribution in [0.4, 0.5) is 18.9 Å². The van der Waals surface area contributed by atoms with Crippen LogP contribution in [0.15, 0.2) is 70.7 Å². The van der Waals surface area contributed by atoms with Crippen molar-refractivity contribution in [3.63, 3.8) is 0 Å². The number of fused-ring (bicyclic) bond motifs is 1. The molecule has 2 aromatic carbocycles. The van der Waals surface area contributed by atoms with Gasteiger partial charge in [-0.25, -0.2) is 4.98 Å². The summed E-state index contributed by atoms with van der Waals surface area (Å²) in [5.74, 6) is -0.710. The van der Waals surface area contributed by atoms with Crippen molar-refractivity contribution in [2.75, 3.05) is 11.1 Å². The lowest BCUT2D eigenvalue weighted by molar-refractivity contribution is -0.137. The molecule has 0 bridgehead atoms. The highest BCUT2D eigenvalue weighted by Gasteiger charge is 2.30. The van der Waals surface area contributed by atoms with E-state index in [-0.39, 0.29) is 27.8 Å². The van der Waals surface area contributed by atoms with Gasteiger partial charge in [0, 0.05) is 5.69 Å². The number of nitrogens with one attached hydrogen (secondary N) is 2. The number of para-hydroxylation sites is 1. The molecule has 2 N–H and O–H groups in total. The van der Waals surface area contributed by atoms with E-state index >= 15 is 0 Å². The molecule has 0 saturated heterocycles. The maximum absolute atomic E-state index is 12.9. The lowest BCUT2D eigenvalue weighted by Crippen LogP contribution is -2.22. The first-order chi connectivity index (χ1) is 14.8. The van der Waals surface area contributed by atoms with Crippen molar-refractivity contribution in [3.8, 4) is 5.69 Å². The van der Waals surface area contributed by atoms with Gasteiger partial charge in [-0.2, -0.15) is 18.3 Å². The van der Waals surface area contributed by atoms with E-state index in [0.29, 0.717) is 11.1 Å². The second-order valence-corrected chi connectivity index (χ2v) is 7.36. The van der Waals surface area contributed by atoms with Crippen LogP contribution in [0.1, 0.15) is 5.56 Å². The predicted octanol–water partition coefficient (Wildman–Crippen LogP) is 3.86. The van der Waals surface area contributed by atoms with Crippen LogP contribution in [-0.2, 0) is 11.0 Å². The first-order valence-corrected chi connectivity index (χ1v) is 9.93. The van der Waals surface area contributed by atoms with Crippen LogP contribution in [0.3, 0.4) is 0 Å². The number of aromatic amines is 1. The number of hydrogen-bond acceptors (Lipinski definition) is 5. The molecule has 0 atom stereocenters. The molecule has 0 aliphatic heterocycles. The van der Waals surface area contributed by atoms with E-state index in [9.17, 15) is 22.8 Å². The van der Waals surface area contributed by atoms with Crippen LogP contribution >= 0.6 is 11.8 Å². The van der Waals surface area contributed by atoms with E-state index in [1.807, 2.05) is 0 Å². The normalized spacial score (nSPS) is 11.6. The molecular weight excluding hydrogens is 431 g/mol. The number of thioether (sulfide) groups is 1. The zero-order valence-electron chi connectivity index (χ0n) is 15.7. The van der Waals surface area contributed by atoms with Gasteiger partial charge in [-0.15, -0.1) is 0 Å². The highest BCUT2D eigenvalue weighted by molar-refractivity contribution is 7.99. The molecule has 2 heterocycles. The van der Waals surface area contributed by atoms with Crippen LogP contribution in [-0.4, -0.2) is 31.4 Å². The summed E-state index contributed by atoms with van der Waals surface area (Å²) in [6, 6.07) is 13.1. The van der Waals surface area contributed by atoms with Crippen LogP contribution < -0.4 is 10.9 Å². The topological polar surface area (TPSA) is 92.7 Å². The predicted molar refractivity (Wildman–Crippen MR) is 110 cm³/mol. The first-order valence-electron chi connectivity index (χ1n) is 8.94. The van der Waals surface area contributed by atoms with E-state index in [1.165, 1.54) is 22.9 Å². The Morgan fingerprint density at radius 2 is 1.90 bits per heavy atom. The van der Waals surface area contributed by atoms with Crippen molar-refractivity contribution < 1.29 is 18.0 Å². The van der Waals surface area contributed by atoms with E-state index < -0.39 is 17.6 Å². The Balaban J connectivity index is 1.58. The summed E-state index contributed by atoms with van der Waals surface area (Å²) in [7, 11) is 0. The zero-order chi connectivity index (χ0) is 22.0. The quantitative estimate of drug-likeness (QED) is 0.360. The highest BCUT2D eigenvalue weighted by Crippen LogP contribution is 2.30. The monoisotopic (exact) mass is 445 g/mol. The summed E-state index contributed by atoms with van der Waals surface area (Å²) in [5, 5.41) is 9.44. The second kappa shape index (κ2) is 8.26. The minimum Gasteiger partial charge on any atom is -0.325 e. The second-order valence-electron chi connectivity index (χ2n) is 6.42. The number of nitrogens with zero attached hydrogens (tertiary/aromatic N) is 3. The van der Waals surface area contributed by atoms with Crippen molar-refractivity contribution >= 4 is 34.4 Å². The molecule has 0 spiro atoms. The zero-order valence-corrected chi connectivity index (χ0v) is 16.5. The van der Waals surface area contributed by atoms with Crippen LogP contribution in [0.25, 0.3) is 16.7 Å². The van der Waals surface area contributed by atoms with Gasteiger partial charge in [0.1, 0.15) is 5.39 Å². The summed E-state index contributed by atoms with van der Waals surface area (Å²) in [6.07, 6.45) is -3.14. The average Bonchev–Trinajstić information content (AvgIpc) is 3.21. The standard InChI is InChI=1S/C20H14F3N5O2S/c21-20(22,23)12-5-4-6-13(9-12)25-16(29)11-31-19-26-17-15(10-24-27-17)18(30)28(19)14-7-2-1-3-8-14/h1-10H,11H2,(H,24,27)(H,25,29). The Labute approximate surface area is 177 Å². The lowest BCUT2D eigenvalue weighted by Gasteiger charge is -2.12. The van der Waals surface area contributed by atoms with Gasteiger partial charge >= 0.3 is 6.18 Å². The number of alkyl halides is 3. The molecule has 7 nitrogen and oxygen atoms in total. The van der Waals surface area contributed by atoms with Crippen molar-refractivity contribution in [1.29, 1.82) is 0 Å². The first kappa shape index (κ1) is 20.7. The Kier molecular flexibility index (Phi) is 5.51. The maximum Gasteiger partial charge on any atom is 0.416 e. The third kappa shape index (κ3) is 4.45. The summed E-state index contributed by atoms with van der Waals surface area (Å²) in [6.45, 7) is 0. The minimum absolute atomic E-state index is 0.0258. The van der Waals surface area contributed by atoms with Gasteiger partial charge in [0.05, 0.1) is 23.2 Å². The van der Waals surface area contributed by atoms with Crippen molar-refractivity contribution in [1.82, 2.24) is 19.7 Å². The van der Waals surface area contributed by atoms with Gasteiger partial charge in [0.25, 0.3) is 5.56 Å². The van der Waals surface area contributed by atoms with Gasteiger partial charge < -0.3 is 5.32 Å². The smallest absolute Gasteiger partial charge is 0.325 e. The third-order valence-corrected chi connectivity index (χ3v) is 5.21. The molecule has 0 fully saturated rings. The Hall–Kier alpha value is -3.60. The number of hydrogen-bond donors (Lipinski definition) is 2. The van der Waals surface area contributed by atoms with Gasteiger partial charge in [-0.3, -0.25) is 19.3 Å². The fraction of sp³-hybridized carbons (Fsp3) is 0.100. The molecule has 0 radical (unpaired) electrons. The van der Waals surface area contributed by atoms with Gasteiger partial charge in [-0.05, 0) is 30.3 Å². The van der Waals surface area contributed by atoms with Crippen LogP contribution in [0, 0.1) is 0 Å². The molecule has 11 heteroatoms. The number of halogens is 3. The number of carbonyl (C=O) groups excluding carboxylic acids is 1. The number of carbonyl (C=O) groups is 1. The SMILES string of the molecule is O=C(CSc1nc2[nH]ncc2c(=O)n1-c1ccccc1)Nc1cccc(C(F)(F)F)c1. The fourth-order valence-electron chi connectivity index (χ4n) is 2.88. The van der Waals surface area contributed by atoms with Gasteiger partial charge in [-0.1, -0.05) is 36.0 Å². The maximum atomic E-state index is 12.9. The van der Waals surface area contributed by atoms with Crippen LogP contribution in [0.2, 0.25) is 0 Å². The van der Waals surface area contributed by atoms with Gasteiger partial charge in [0.2, 0.25) is 5.91 Å². The largest absolute Gasteiger partial charge is 0.416 e. The fourth-order valence-corrected chi connectivity index (χ4v) is 3.68. The van der Waals surface area contributed by atoms with E-state index in [4.69, 9.17) is 0 Å². The number of benzene rings is 2. The minimum atomic E-state index is -4.51. The molecular formula is C20H14F3N5O2S. The number of amides is 1. The Bertz CT molecular complexity index is 1300. The number of rotatable bonds is 5. The summed E-state index contributed by atoms with van der Waals surface area (Å²) < 4.78 is 39.9. The molecule has 158 valence electrons. The molecule has 4 rings (SSSR count). The number of H-pyrrole nitrogens is 1. The summed E-state index contributed by atoms with van der Waals surface area (Å²) >= 11 is 0.981. The van der Waals surface area contributed by atoms with Crippen molar-refractivity contribution in [2.45, 2.75) is 11.3 Å². The molecule has 0 aliphatic rings. The lowest BCUT2D eigenvalue weighted by atomic mass is 10.2. The van der Waals surface area contributed by atoms with Crippen molar-refractivity contribution in [3.05, 3.63) is 76.7 Å². The van der Waals surface area contributed by atoms with Gasteiger partial charge in [0.15, 0.2) is 10.8 Å². The molecule has 0 aliphatic carbocycles. The molecule has 0 unspecified atom stereocenters. The Morgan fingerprint density at radius 1 is 1.13 bits per heavy atom. The molecule has 2 aromatic heterocycles.